The summed E-state index contributed by atoms with van der Waals surface area (Å²) in [5, 5.41) is 0. The highest BCUT2D eigenvalue weighted by molar-refractivity contribution is 5.69. The Hall–Kier alpha value is -2.09. The van der Waals surface area contributed by atoms with E-state index in [4.69, 9.17) is 4.74 Å². The van der Waals surface area contributed by atoms with Gasteiger partial charge in [-0.1, -0.05) is 87.4 Å². The van der Waals surface area contributed by atoms with Gasteiger partial charge in [-0.2, -0.15) is 0 Å². The van der Waals surface area contributed by atoms with Crippen LogP contribution in [0.15, 0.2) is 60.7 Å². The van der Waals surface area contributed by atoms with E-state index in [2.05, 4.69) is 74.5 Å². The maximum absolute atomic E-state index is 11.8. The lowest BCUT2D eigenvalue weighted by atomic mass is 9.87. The molecule has 2 aromatic carbocycles. The van der Waals surface area contributed by atoms with Crippen LogP contribution in [0.1, 0.15) is 69.4 Å². The van der Waals surface area contributed by atoms with Crippen LogP contribution in [-0.4, -0.2) is 12.6 Å². The summed E-state index contributed by atoms with van der Waals surface area (Å²) in [6.45, 7) is 4.85. The molecule has 0 aliphatic heterocycles. The molecule has 0 saturated carbocycles. The fraction of sp³-hybridized carbons (Fsp3) is 0.480. The van der Waals surface area contributed by atoms with Gasteiger partial charge in [-0.15, -0.1) is 0 Å². The molecule has 0 amide bonds. The Kier molecular flexibility index (Phi) is 9.68. The number of hydrogen-bond acceptors (Lipinski definition) is 2. The molecule has 0 aliphatic rings. The van der Waals surface area contributed by atoms with E-state index in [1.54, 1.807) is 0 Å². The number of benzene rings is 2. The Balaban J connectivity index is 1.73. The first-order valence-electron chi connectivity index (χ1n) is 10.4. The van der Waals surface area contributed by atoms with Crippen molar-refractivity contribution < 1.29 is 9.53 Å². The van der Waals surface area contributed by atoms with E-state index in [-0.39, 0.29) is 5.97 Å². The Morgan fingerprint density at radius 2 is 1.52 bits per heavy atom. The van der Waals surface area contributed by atoms with Crippen LogP contribution in [0, 0.1) is 5.92 Å². The first-order chi connectivity index (χ1) is 13.1. The van der Waals surface area contributed by atoms with Crippen molar-refractivity contribution in [1.29, 1.82) is 0 Å². The lowest BCUT2D eigenvalue weighted by molar-refractivity contribution is -0.144. The maximum atomic E-state index is 11.8. The third kappa shape index (κ3) is 8.90. The van der Waals surface area contributed by atoms with Crippen molar-refractivity contribution in [2.24, 2.45) is 5.92 Å². The van der Waals surface area contributed by atoms with Gasteiger partial charge < -0.3 is 4.74 Å². The number of hydrogen-bond donors (Lipinski definition) is 0. The second kappa shape index (κ2) is 12.3. The van der Waals surface area contributed by atoms with E-state index in [9.17, 15) is 4.79 Å². The van der Waals surface area contributed by atoms with E-state index in [1.165, 1.54) is 11.1 Å². The summed E-state index contributed by atoms with van der Waals surface area (Å²) in [5.41, 5.74) is 2.80. The highest BCUT2D eigenvalue weighted by Crippen LogP contribution is 2.26. The minimum Gasteiger partial charge on any atom is -0.466 e. The van der Waals surface area contributed by atoms with Crippen LogP contribution in [0.2, 0.25) is 0 Å². The number of unbranched alkanes of at least 4 members (excludes halogenated alkanes) is 2. The molecule has 2 nitrogen and oxygen atoms in total. The molecular formula is C25H34O2. The fourth-order valence-electron chi connectivity index (χ4n) is 3.33. The number of carbonyl (C=O) groups is 1. The molecule has 0 heterocycles. The highest BCUT2D eigenvalue weighted by Gasteiger charge is 2.12. The molecule has 0 fully saturated rings. The molecule has 1 atom stereocenters. The number of esters is 1. The molecule has 0 aromatic heterocycles. The first kappa shape index (κ1) is 21.2. The quantitative estimate of drug-likeness (QED) is 0.314. The largest absolute Gasteiger partial charge is 0.466 e. The number of ether oxygens (including phenoxy) is 1. The Labute approximate surface area is 165 Å². The summed E-state index contributed by atoms with van der Waals surface area (Å²) < 4.78 is 5.29. The molecular weight excluding hydrogens is 332 g/mol. The first-order valence-corrected chi connectivity index (χ1v) is 10.4. The molecule has 146 valence electrons. The zero-order chi connectivity index (χ0) is 19.3. The van der Waals surface area contributed by atoms with E-state index in [1.807, 2.05) is 0 Å². The monoisotopic (exact) mass is 366 g/mol. The van der Waals surface area contributed by atoms with Crippen LogP contribution in [0.25, 0.3) is 0 Å². The van der Waals surface area contributed by atoms with Crippen molar-refractivity contribution in [2.45, 2.75) is 64.7 Å². The second-order valence-electron chi connectivity index (χ2n) is 7.80. The van der Waals surface area contributed by atoms with Crippen molar-refractivity contribution >= 4 is 5.97 Å². The van der Waals surface area contributed by atoms with E-state index in [0.717, 1.165) is 38.5 Å². The van der Waals surface area contributed by atoms with Gasteiger partial charge in [0.1, 0.15) is 0 Å². The van der Waals surface area contributed by atoms with Crippen molar-refractivity contribution in [1.82, 2.24) is 0 Å². The summed E-state index contributed by atoms with van der Waals surface area (Å²) in [6, 6.07) is 21.5. The molecule has 2 aromatic rings. The van der Waals surface area contributed by atoms with Crippen molar-refractivity contribution in [2.75, 3.05) is 6.61 Å². The number of carbonyl (C=O) groups excluding carboxylic acids is 1. The Morgan fingerprint density at radius 3 is 2.19 bits per heavy atom. The van der Waals surface area contributed by atoms with Gasteiger partial charge in [-0.05, 0) is 48.6 Å². The molecule has 2 heteroatoms. The molecule has 0 aliphatic carbocycles. The third-order valence-electron chi connectivity index (χ3n) is 4.99. The van der Waals surface area contributed by atoms with Gasteiger partial charge in [0.15, 0.2) is 0 Å². The van der Waals surface area contributed by atoms with Gasteiger partial charge in [0, 0.05) is 6.42 Å². The van der Waals surface area contributed by atoms with Crippen LogP contribution < -0.4 is 0 Å². The predicted molar refractivity (Wildman–Crippen MR) is 113 cm³/mol. The zero-order valence-corrected chi connectivity index (χ0v) is 16.9. The molecule has 0 spiro atoms. The smallest absolute Gasteiger partial charge is 0.305 e. The van der Waals surface area contributed by atoms with Gasteiger partial charge in [0.05, 0.1) is 6.61 Å². The normalized spacial score (nSPS) is 12.1. The molecule has 2 rings (SSSR count). The highest BCUT2D eigenvalue weighted by atomic mass is 16.5. The summed E-state index contributed by atoms with van der Waals surface area (Å²) in [7, 11) is 0. The van der Waals surface area contributed by atoms with Crippen molar-refractivity contribution in [3.05, 3.63) is 71.8 Å². The van der Waals surface area contributed by atoms with Crippen molar-refractivity contribution in [3.63, 3.8) is 0 Å². The lowest BCUT2D eigenvalue weighted by Gasteiger charge is -2.17. The predicted octanol–water partition coefficient (Wildman–Crippen LogP) is 6.55. The van der Waals surface area contributed by atoms with Crippen LogP contribution in [-0.2, 0) is 16.0 Å². The van der Waals surface area contributed by atoms with Crippen molar-refractivity contribution in [3.8, 4) is 0 Å². The second-order valence-corrected chi connectivity index (χ2v) is 7.80. The Bertz CT molecular complexity index is 634. The van der Waals surface area contributed by atoms with Gasteiger partial charge in [0.2, 0.25) is 0 Å². The van der Waals surface area contributed by atoms with Crippen LogP contribution in [0.3, 0.4) is 0 Å². The van der Waals surface area contributed by atoms with E-state index < -0.39 is 0 Å². The van der Waals surface area contributed by atoms with E-state index >= 15 is 0 Å². The average molecular weight is 367 g/mol. The summed E-state index contributed by atoms with van der Waals surface area (Å²) >= 11 is 0. The minimum atomic E-state index is -0.0421. The third-order valence-corrected chi connectivity index (χ3v) is 4.99. The summed E-state index contributed by atoms with van der Waals surface area (Å²) in [6.07, 6.45) is 6.87. The van der Waals surface area contributed by atoms with Crippen LogP contribution in [0.5, 0.6) is 0 Å². The van der Waals surface area contributed by atoms with Crippen LogP contribution >= 0.6 is 0 Å². The molecule has 27 heavy (non-hydrogen) atoms. The molecule has 1 unspecified atom stereocenters. The zero-order valence-electron chi connectivity index (χ0n) is 16.9. The fourth-order valence-corrected chi connectivity index (χ4v) is 3.33. The molecule has 0 N–H and O–H groups in total. The molecule has 0 radical (unpaired) electrons. The van der Waals surface area contributed by atoms with Gasteiger partial charge >= 0.3 is 5.97 Å². The van der Waals surface area contributed by atoms with Crippen LogP contribution in [0.4, 0.5) is 0 Å². The standard InChI is InChI=1S/C25H34O2/c1-21(2)18-19-27-25(26)17-11-5-10-16-24(23-14-8-4-9-15-23)20-22-12-6-3-7-13-22/h3-4,6-9,12-15,21,24H,5,10-11,16-20H2,1-2H3. The SMILES string of the molecule is CC(C)CCOC(=O)CCCCCC(Cc1ccccc1)c1ccccc1. The number of rotatable bonds is 12. The topological polar surface area (TPSA) is 26.3 Å². The Morgan fingerprint density at radius 1 is 0.852 bits per heavy atom. The molecule has 0 bridgehead atoms. The van der Waals surface area contributed by atoms with Gasteiger partial charge in [-0.3, -0.25) is 4.79 Å². The van der Waals surface area contributed by atoms with Gasteiger partial charge in [-0.25, -0.2) is 0 Å². The summed E-state index contributed by atoms with van der Waals surface area (Å²) in [5.74, 6) is 1.07. The maximum Gasteiger partial charge on any atom is 0.305 e. The average Bonchev–Trinajstić information content (AvgIpc) is 2.68. The van der Waals surface area contributed by atoms with E-state index in [0.29, 0.717) is 24.9 Å². The summed E-state index contributed by atoms with van der Waals surface area (Å²) in [4.78, 5) is 11.8. The minimum absolute atomic E-state index is 0.0421. The van der Waals surface area contributed by atoms with Gasteiger partial charge in [0.25, 0.3) is 0 Å². The lowest BCUT2D eigenvalue weighted by Crippen LogP contribution is -2.07. The molecule has 0 saturated heterocycles.